The number of hydrogen-bond donors (Lipinski definition) is 0. The fourth-order valence-electron chi connectivity index (χ4n) is 6.56. The van der Waals surface area contributed by atoms with Crippen LogP contribution < -0.4 is 4.74 Å². The van der Waals surface area contributed by atoms with Gasteiger partial charge in [-0.3, -0.25) is 0 Å². The van der Waals surface area contributed by atoms with Crippen LogP contribution in [-0.2, 0) is 0 Å². The first-order valence-electron chi connectivity index (χ1n) is 12.1. The molecular formula is C26H38F2O. The molecule has 3 aliphatic carbocycles. The maximum Gasteiger partial charge on any atom is 0.387 e. The Labute approximate surface area is 175 Å². The maximum atomic E-state index is 12.3. The minimum Gasteiger partial charge on any atom is -0.435 e. The largest absolute Gasteiger partial charge is 0.435 e. The van der Waals surface area contributed by atoms with Gasteiger partial charge in [0.05, 0.1) is 0 Å². The molecular weight excluding hydrogens is 366 g/mol. The van der Waals surface area contributed by atoms with Crippen LogP contribution in [0.3, 0.4) is 0 Å². The van der Waals surface area contributed by atoms with Crippen molar-refractivity contribution in [1.29, 1.82) is 0 Å². The molecule has 3 aliphatic rings. The van der Waals surface area contributed by atoms with Gasteiger partial charge in [-0.1, -0.05) is 64.0 Å². The van der Waals surface area contributed by atoms with Crippen LogP contribution in [0.5, 0.6) is 5.75 Å². The lowest BCUT2D eigenvalue weighted by atomic mass is 9.63. The molecule has 1 aromatic carbocycles. The van der Waals surface area contributed by atoms with Gasteiger partial charge in [0.15, 0.2) is 0 Å². The average Bonchev–Trinajstić information content (AvgIpc) is 2.73. The van der Waals surface area contributed by atoms with Gasteiger partial charge in [0, 0.05) is 0 Å². The molecule has 4 rings (SSSR count). The summed E-state index contributed by atoms with van der Waals surface area (Å²) in [5.74, 6) is 5.61. The fraction of sp³-hybridized carbons (Fsp3) is 0.769. The van der Waals surface area contributed by atoms with Crippen LogP contribution in [0.4, 0.5) is 8.78 Å². The summed E-state index contributed by atoms with van der Waals surface area (Å²) in [4.78, 5) is 0. The first kappa shape index (κ1) is 21.1. The number of benzene rings is 1. The molecule has 3 heteroatoms. The molecule has 1 aromatic rings. The third-order valence-electron chi connectivity index (χ3n) is 8.42. The van der Waals surface area contributed by atoms with Crippen molar-refractivity contribution >= 4 is 0 Å². The Kier molecular flexibility index (Phi) is 7.13. The SMILES string of the molecule is CC1CCC(CCC2CCC3CC(c4ccc(OC(F)F)cc4)CCC3C2)CC1. The molecule has 0 saturated heterocycles. The van der Waals surface area contributed by atoms with Crippen molar-refractivity contribution in [1.82, 2.24) is 0 Å². The summed E-state index contributed by atoms with van der Waals surface area (Å²) in [6, 6.07) is 7.41. The number of alkyl halides is 2. The monoisotopic (exact) mass is 404 g/mol. The van der Waals surface area contributed by atoms with Gasteiger partial charge in [-0.2, -0.15) is 8.78 Å². The van der Waals surface area contributed by atoms with Crippen LogP contribution in [0.15, 0.2) is 24.3 Å². The minimum absolute atomic E-state index is 0.269. The van der Waals surface area contributed by atoms with Gasteiger partial charge in [-0.15, -0.1) is 0 Å². The number of hydrogen-bond acceptors (Lipinski definition) is 1. The lowest BCUT2D eigenvalue weighted by Gasteiger charge is -2.42. The molecule has 162 valence electrons. The molecule has 0 aliphatic heterocycles. The Balaban J connectivity index is 1.23. The Bertz CT molecular complexity index is 620. The molecule has 4 atom stereocenters. The third-order valence-corrected chi connectivity index (χ3v) is 8.42. The summed E-state index contributed by atoms with van der Waals surface area (Å²) >= 11 is 0. The van der Waals surface area contributed by atoms with E-state index in [2.05, 4.69) is 11.7 Å². The molecule has 0 spiro atoms. The first-order valence-corrected chi connectivity index (χ1v) is 12.1. The number of ether oxygens (including phenoxy) is 1. The van der Waals surface area contributed by atoms with E-state index in [0.717, 1.165) is 29.6 Å². The van der Waals surface area contributed by atoms with Gasteiger partial charge in [0.1, 0.15) is 5.75 Å². The Morgan fingerprint density at radius 3 is 2.14 bits per heavy atom. The van der Waals surface area contributed by atoms with E-state index in [-0.39, 0.29) is 5.75 Å². The molecule has 0 bridgehead atoms. The molecule has 0 aromatic heterocycles. The van der Waals surface area contributed by atoms with Crippen LogP contribution in [0.2, 0.25) is 0 Å². The number of fused-ring (bicyclic) bond motifs is 1. The average molecular weight is 405 g/mol. The molecule has 0 radical (unpaired) electrons. The number of rotatable bonds is 6. The van der Waals surface area contributed by atoms with Crippen molar-refractivity contribution < 1.29 is 13.5 Å². The van der Waals surface area contributed by atoms with Crippen LogP contribution in [0, 0.1) is 29.6 Å². The highest BCUT2D eigenvalue weighted by Gasteiger charge is 2.36. The normalized spacial score (nSPS) is 35.3. The topological polar surface area (TPSA) is 9.23 Å². The molecule has 0 heterocycles. The van der Waals surface area contributed by atoms with Gasteiger partial charge >= 0.3 is 6.61 Å². The van der Waals surface area contributed by atoms with Gasteiger partial charge in [0.25, 0.3) is 0 Å². The predicted octanol–water partition coefficient (Wildman–Crippen LogP) is 8.19. The molecule has 0 N–H and O–H groups in total. The van der Waals surface area contributed by atoms with Crippen LogP contribution >= 0.6 is 0 Å². The minimum atomic E-state index is -2.74. The Morgan fingerprint density at radius 1 is 0.793 bits per heavy atom. The summed E-state index contributed by atoms with van der Waals surface area (Å²) in [7, 11) is 0. The van der Waals surface area contributed by atoms with Crippen molar-refractivity contribution in [3.63, 3.8) is 0 Å². The van der Waals surface area contributed by atoms with E-state index in [4.69, 9.17) is 0 Å². The van der Waals surface area contributed by atoms with Crippen molar-refractivity contribution in [2.24, 2.45) is 29.6 Å². The van der Waals surface area contributed by atoms with E-state index in [1.165, 1.54) is 82.6 Å². The molecule has 0 amide bonds. The molecule has 4 unspecified atom stereocenters. The summed E-state index contributed by atoms with van der Waals surface area (Å²) in [5, 5.41) is 0. The lowest BCUT2D eigenvalue weighted by molar-refractivity contribution is -0.0498. The second-order valence-corrected chi connectivity index (χ2v) is 10.4. The first-order chi connectivity index (χ1) is 14.1. The summed E-state index contributed by atoms with van der Waals surface area (Å²) in [5.41, 5.74) is 1.30. The van der Waals surface area contributed by atoms with E-state index in [1.54, 1.807) is 12.1 Å². The Morgan fingerprint density at radius 2 is 1.41 bits per heavy atom. The quantitative estimate of drug-likeness (QED) is 0.464. The second kappa shape index (κ2) is 9.79. The third kappa shape index (κ3) is 5.73. The van der Waals surface area contributed by atoms with Crippen molar-refractivity contribution in [2.75, 3.05) is 0 Å². The summed E-state index contributed by atoms with van der Waals surface area (Å²) < 4.78 is 29.2. The molecule has 3 fully saturated rings. The van der Waals surface area contributed by atoms with E-state index < -0.39 is 6.61 Å². The van der Waals surface area contributed by atoms with E-state index in [9.17, 15) is 8.78 Å². The van der Waals surface area contributed by atoms with Gasteiger partial charge in [-0.05, 0) is 85.3 Å². The highest BCUT2D eigenvalue weighted by atomic mass is 19.3. The van der Waals surface area contributed by atoms with Gasteiger partial charge in [-0.25, -0.2) is 0 Å². The highest BCUT2D eigenvalue weighted by molar-refractivity contribution is 5.30. The van der Waals surface area contributed by atoms with Gasteiger partial charge in [0.2, 0.25) is 0 Å². The van der Waals surface area contributed by atoms with Crippen molar-refractivity contribution in [3.05, 3.63) is 29.8 Å². The zero-order valence-electron chi connectivity index (χ0n) is 18.0. The van der Waals surface area contributed by atoms with E-state index in [1.807, 2.05) is 12.1 Å². The zero-order chi connectivity index (χ0) is 20.2. The van der Waals surface area contributed by atoms with E-state index >= 15 is 0 Å². The highest BCUT2D eigenvalue weighted by Crippen LogP contribution is 2.49. The van der Waals surface area contributed by atoms with Crippen LogP contribution in [0.1, 0.15) is 95.5 Å². The molecule has 29 heavy (non-hydrogen) atoms. The number of halogens is 2. The summed E-state index contributed by atoms with van der Waals surface area (Å²) in [6.45, 7) is -0.326. The van der Waals surface area contributed by atoms with Gasteiger partial charge < -0.3 is 4.74 Å². The second-order valence-electron chi connectivity index (χ2n) is 10.4. The van der Waals surface area contributed by atoms with Crippen molar-refractivity contribution in [3.8, 4) is 5.75 Å². The molecule has 1 nitrogen and oxygen atoms in total. The summed E-state index contributed by atoms with van der Waals surface area (Å²) in [6.07, 6.45) is 17.0. The fourth-order valence-corrected chi connectivity index (χ4v) is 6.56. The molecule has 3 saturated carbocycles. The Hall–Kier alpha value is -1.12. The lowest BCUT2D eigenvalue weighted by Crippen LogP contribution is -2.30. The van der Waals surface area contributed by atoms with Crippen LogP contribution in [-0.4, -0.2) is 6.61 Å². The predicted molar refractivity (Wildman–Crippen MR) is 114 cm³/mol. The maximum absolute atomic E-state index is 12.3. The van der Waals surface area contributed by atoms with Crippen molar-refractivity contribution in [2.45, 2.75) is 96.5 Å². The van der Waals surface area contributed by atoms with Crippen LogP contribution in [0.25, 0.3) is 0 Å². The van der Waals surface area contributed by atoms with E-state index in [0.29, 0.717) is 5.92 Å². The smallest absolute Gasteiger partial charge is 0.387 e. The zero-order valence-corrected chi connectivity index (χ0v) is 18.0. The standard InChI is InChI=1S/C26H38F2O/c1-18-2-4-19(5-3-18)6-7-20-8-9-24-17-23(11-10-22(24)16-20)21-12-14-25(15-13-21)29-26(27)28/h12-15,18-20,22-24,26H,2-11,16-17H2,1H3.